The Kier molecular flexibility index (Phi) is 19.8. The number of aliphatic hydroxyl groups is 3. The highest BCUT2D eigenvalue weighted by Crippen LogP contribution is 2.38. The lowest BCUT2D eigenvalue weighted by Crippen LogP contribution is -2.66. The van der Waals surface area contributed by atoms with E-state index in [1.807, 2.05) is 13.0 Å². The van der Waals surface area contributed by atoms with Gasteiger partial charge >= 0.3 is 17.9 Å². The number of aldehydes is 1. The number of likely N-dealkylation sites (N-methyl/N-ethyl adjacent to an activating group) is 1. The molecule has 16 nitrogen and oxygen atoms in total. The van der Waals surface area contributed by atoms with E-state index in [0.29, 0.717) is 19.3 Å². The zero-order valence-corrected chi connectivity index (χ0v) is 37.6. The van der Waals surface area contributed by atoms with E-state index in [0.717, 1.165) is 25.5 Å². The number of carbonyl (C=O) groups is 4. The lowest BCUT2D eigenvalue weighted by Gasteiger charge is -2.50. The first-order chi connectivity index (χ1) is 28.9. The molecule has 0 radical (unpaired) electrons. The molecule has 0 spiro atoms. The van der Waals surface area contributed by atoms with Gasteiger partial charge in [-0.25, -0.2) is 0 Å². The van der Waals surface area contributed by atoms with Crippen molar-refractivity contribution in [1.29, 1.82) is 0 Å². The van der Waals surface area contributed by atoms with Gasteiger partial charge in [-0.1, -0.05) is 57.4 Å². The maximum atomic E-state index is 13.8. The zero-order valence-electron chi connectivity index (χ0n) is 37.6. The Morgan fingerprint density at radius 3 is 2.30 bits per heavy atom. The number of allylic oxidation sites excluding steroid dienone is 2. The average Bonchev–Trinajstić information content (AvgIpc) is 3.19. The SMILES string of the molecule is CCC(=O)O[C@H]1[C@H](C)O[C@@H](O[C@H]2[C@H](N(C)C)[C@@H](O)[C@H](O[C@H]3C(CC=O)C[C@@H](C)[C@@H](O)/C=C/C=C/C[C@@H](C)OC(=O)CC(OC(=O)C4CCCCC4)[C@@H]3OC)O[C@@H]2C)C[C@@]1(C)O. The Labute approximate surface area is 361 Å². The zero-order chi connectivity index (χ0) is 45.0. The molecule has 0 aromatic rings. The number of methoxy groups -OCH3 is 1. The molecule has 348 valence electrons. The molecule has 4 aliphatic rings. The smallest absolute Gasteiger partial charge is 0.309 e. The van der Waals surface area contributed by atoms with E-state index >= 15 is 0 Å². The predicted octanol–water partition coefficient (Wildman–Crippen LogP) is 3.94. The number of esters is 3. The minimum absolute atomic E-state index is 0.0406. The van der Waals surface area contributed by atoms with Crippen LogP contribution < -0.4 is 0 Å². The number of ether oxygens (including phenoxy) is 8. The third-order valence-electron chi connectivity index (χ3n) is 12.5. The molecule has 0 amide bonds. The minimum atomic E-state index is -1.49. The molecule has 0 bridgehead atoms. The first kappa shape index (κ1) is 50.8. The van der Waals surface area contributed by atoms with E-state index in [1.165, 1.54) is 7.11 Å². The van der Waals surface area contributed by atoms with Gasteiger partial charge in [0, 0.05) is 32.8 Å². The maximum Gasteiger partial charge on any atom is 0.309 e. The van der Waals surface area contributed by atoms with E-state index in [2.05, 4.69) is 0 Å². The van der Waals surface area contributed by atoms with Gasteiger partial charge in [0.1, 0.15) is 42.4 Å². The third-order valence-corrected chi connectivity index (χ3v) is 12.5. The van der Waals surface area contributed by atoms with Crippen molar-refractivity contribution in [2.24, 2.45) is 17.8 Å². The van der Waals surface area contributed by atoms with Crippen LogP contribution in [-0.2, 0) is 57.1 Å². The summed E-state index contributed by atoms with van der Waals surface area (Å²) in [6, 6.07) is -0.778. The lowest BCUT2D eigenvalue weighted by atomic mass is 9.82. The van der Waals surface area contributed by atoms with Crippen LogP contribution in [0.1, 0.15) is 112 Å². The number of rotatable bonds is 12. The van der Waals surface area contributed by atoms with Gasteiger partial charge in [-0.05, 0) is 72.9 Å². The van der Waals surface area contributed by atoms with Gasteiger partial charge in [-0.3, -0.25) is 14.4 Å². The summed E-state index contributed by atoms with van der Waals surface area (Å²) in [5.41, 5.74) is -1.49. The van der Waals surface area contributed by atoms with Gasteiger partial charge in [0.15, 0.2) is 18.7 Å². The molecule has 0 aromatic heterocycles. The molecule has 3 N–H and O–H groups in total. The summed E-state index contributed by atoms with van der Waals surface area (Å²) in [5, 5.41) is 34.8. The standard InChI is InChI=1S/C45H73NO15/c1-10-34(49)59-42-29(5)56-36(25-45(42,6)53)60-39-28(4)57-44(38(51)37(39)46(7)8)61-40-31(21-22-47)23-26(2)32(48)20-16-11-13-17-27(3)55-35(50)24-33(41(40)54-9)58-43(52)30-18-14-12-15-19-30/h11,13,16,20,22,26-33,36-42,44,48,51,53H,10,12,14-15,17-19,21,23-25H2,1-9H3/b13-11+,20-16+/t26-,27-,28-,29+,31?,32+,33?,36+,37-,38-,39-,40+,41+,42+,44+,45-/m1/s1. The van der Waals surface area contributed by atoms with Gasteiger partial charge in [-0.2, -0.15) is 0 Å². The highest BCUT2D eigenvalue weighted by Gasteiger charge is 2.53. The summed E-state index contributed by atoms with van der Waals surface area (Å²) in [5.74, 6) is -3.01. The van der Waals surface area contributed by atoms with Crippen molar-refractivity contribution < 1.29 is 72.4 Å². The van der Waals surface area contributed by atoms with Crippen molar-refractivity contribution in [1.82, 2.24) is 4.90 Å². The number of hydrogen-bond acceptors (Lipinski definition) is 16. The largest absolute Gasteiger partial charge is 0.462 e. The van der Waals surface area contributed by atoms with E-state index < -0.39 is 115 Å². The van der Waals surface area contributed by atoms with Crippen LogP contribution in [0.2, 0.25) is 0 Å². The molecule has 61 heavy (non-hydrogen) atoms. The van der Waals surface area contributed by atoms with E-state index in [1.54, 1.807) is 71.8 Å². The van der Waals surface area contributed by atoms with Gasteiger partial charge < -0.3 is 62.9 Å². The summed E-state index contributed by atoms with van der Waals surface area (Å²) in [4.78, 5) is 53.8. The lowest BCUT2D eigenvalue weighted by molar-refractivity contribution is -0.344. The van der Waals surface area contributed by atoms with Gasteiger partial charge in [0.25, 0.3) is 0 Å². The normalized spacial score (nSPS) is 41.0. The summed E-state index contributed by atoms with van der Waals surface area (Å²) in [6.07, 6.45) is 0.160. The number of nitrogens with zero attached hydrogens (tertiary/aromatic N) is 1. The number of hydrogen-bond donors (Lipinski definition) is 3. The van der Waals surface area contributed by atoms with Crippen molar-refractivity contribution >= 4 is 24.2 Å². The second-order valence-electron chi connectivity index (χ2n) is 17.9. The van der Waals surface area contributed by atoms with Crippen LogP contribution in [0.25, 0.3) is 0 Å². The van der Waals surface area contributed by atoms with Crippen molar-refractivity contribution in [2.45, 2.75) is 197 Å². The van der Waals surface area contributed by atoms with E-state index in [-0.39, 0.29) is 38.0 Å². The predicted molar refractivity (Wildman–Crippen MR) is 222 cm³/mol. The molecule has 2 unspecified atom stereocenters. The molecule has 16 heteroatoms. The molecule has 4 rings (SSSR count). The summed E-state index contributed by atoms with van der Waals surface area (Å²) >= 11 is 0. The van der Waals surface area contributed by atoms with E-state index in [4.69, 9.17) is 37.9 Å². The highest BCUT2D eigenvalue weighted by atomic mass is 16.7. The first-order valence-electron chi connectivity index (χ1n) is 22.2. The van der Waals surface area contributed by atoms with Crippen molar-refractivity contribution in [3.63, 3.8) is 0 Å². The third kappa shape index (κ3) is 14.1. The molecule has 16 atom stereocenters. The number of cyclic esters (lactones) is 1. The fraction of sp³-hybridized carbons (Fsp3) is 0.822. The Hall–Kier alpha value is -2.80. The number of carbonyl (C=O) groups excluding carboxylic acids is 4. The summed E-state index contributed by atoms with van der Waals surface area (Å²) < 4.78 is 49.5. The van der Waals surface area contributed by atoms with Gasteiger partial charge in [-0.15, -0.1) is 0 Å². The molecule has 1 aliphatic carbocycles. The van der Waals surface area contributed by atoms with Crippen LogP contribution in [0.5, 0.6) is 0 Å². The second-order valence-corrected chi connectivity index (χ2v) is 17.9. The van der Waals surface area contributed by atoms with Crippen LogP contribution in [0, 0.1) is 17.8 Å². The fourth-order valence-electron chi connectivity index (χ4n) is 9.15. The molecular weight excluding hydrogens is 794 g/mol. The number of aliphatic hydroxyl groups excluding tert-OH is 2. The van der Waals surface area contributed by atoms with Crippen molar-refractivity contribution in [3.8, 4) is 0 Å². The monoisotopic (exact) mass is 867 g/mol. The summed E-state index contributed by atoms with van der Waals surface area (Å²) in [7, 11) is 4.93. The fourth-order valence-corrected chi connectivity index (χ4v) is 9.15. The van der Waals surface area contributed by atoms with Crippen molar-refractivity contribution in [2.75, 3.05) is 21.2 Å². The molecular formula is C45H73NO15. The highest BCUT2D eigenvalue weighted by molar-refractivity contribution is 5.74. The Bertz CT molecular complexity index is 1460. The van der Waals surface area contributed by atoms with Crippen LogP contribution >= 0.6 is 0 Å². The van der Waals surface area contributed by atoms with Crippen molar-refractivity contribution in [3.05, 3.63) is 24.3 Å². The van der Waals surface area contributed by atoms with Crippen LogP contribution in [0.3, 0.4) is 0 Å². The second kappa shape index (κ2) is 23.8. The molecule has 3 fully saturated rings. The van der Waals surface area contributed by atoms with Crippen LogP contribution in [0.15, 0.2) is 24.3 Å². The topological polar surface area (TPSA) is 206 Å². The average molecular weight is 868 g/mol. The quantitative estimate of drug-likeness (QED) is 0.144. The van der Waals surface area contributed by atoms with Crippen LogP contribution in [-0.4, -0.2) is 151 Å². The van der Waals surface area contributed by atoms with Crippen LogP contribution in [0.4, 0.5) is 0 Å². The molecule has 1 saturated carbocycles. The molecule has 2 saturated heterocycles. The maximum absolute atomic E-state index is 13.8. The Morgan fingerprint density at radius 2 is 1.67 bits per heavy atom. The first-order valence-corrected chi connectivity index (χ1v) is 22.2. The van der Waals surface area contributed by atoms with Gasteiger partial charge in [0.2, 0.25) is 0 Å². The molecule has 3 heterocycles. The molecule has 3 aliphatic heterocycles. The van der Waals surface area contributed by atoms with E-state index in [9.17, 15) is 34.5 Å². The minimum Gasteiger partial charge on any atom is -0.462 e. The molecule has 0 aromatic carbocycles. The Morgan fingerprint density at radius 1 is 0.967 bits per heavy atom. The summed E-state index contributed by atoms with van der Waals surface area (Å²) in [6.45, 7) is 10.3. The van der Waals surface area contributed by atoms with Gasteiger partial charge in [0.05, 0.1) is 42.8 Å². The Balaban J connectivity index is 1.70.